The van der Waals surface area contributed by atoms with Crippen molar-refractivity contribution >= 4 is 11.7 Å². The number of rotatable bonds is 4. The molecule has 92 valence electrons. The van der Waals surface area contributed by atoms with E-state index < -0.39 is 5.97 Å². The highest BCUT2D eigenvalue weighted by Crippen LogP contribution is 2.15. The molecule has 0 aromatic carbocycles. The van der Waals surface area contributed by atoms with Gasteiger partial charge in [-0.1, -0.05) is 0 Å². The van der Waals surface area contributed by atoms with Crippen LogP contribution in [0.2, 0.25) is 0 Å². The third-order valence-corrected chi connectivity index (χ3v) is 2.67. The maximum Gasteiger partial charge on any atom is 0.337 e. The average molecular weight is 243 g/mol. The molecule has 0 fully saturated rings. The minimum absolute atomic E-state index is 0.214. The van der Waals surface area contributed by atoms with Crippen LogP contribution in [0.15, 0.2) is 36.9 Å². The first-order chi connectivity index (χ1) is 8.68. The van der Waals surface area contributed by atoms with E-state index in [9.17, 15) is 4.79 Å². The maximum atomic E-state index is 11.0. The van der Waals surface area contributed by atoms with Crippen LogP contribution < -0.4 is 5.32 Å². The van der Waals surface area contributed by atoms with Crippen LogP contribution >= 0.6 is 0 Å². The Kier molecular flexibility index (Phi) is 3.52. The van der Waals surface area contributed by atoms with Crippen molar-refractivity contribution in [2.75, 3.05) is 5.32 Å². The number of carboxylic acid groups (broad SMARTS) is 1. The van der Waals surface area contributed by atoms with E-state index in [2.05, 4.69) is 15.3 Å². The largest absolute Gasteiger partial charge is 0.478 e. The molecule has 2 aromatic rings. The van der Waals surface area contributed by atoms with Crippen LogP contribution in [0.3, 0.4) is 0 Å². The highest BCUT2D eigenvalue weighted by molar-refractivity contribution is 5.93. The second-order valence-corrected chi connectivity index (χ2v) is 3.88. The van der Waals surface area contributed by atoms with Crippen molar-refractivity contribution in [3.8, 4) is 0 Å². The topological polar surface area (TPSA) is 75.1 Å². The Bertz CT molecular complexity index is 570. The molecule has 0 saturated heterocycles. The second-order valence-electron chi connectivity index (χ2n) is 3.88. The Morgan fingerprint density at radius 2 is 2.00 bits per heavy atom. The smallest absolute Gasteiger partial charge is 0.337 e. The summed E-state index contributed by atoms with van der Waals surface area (Å²) in [6, 6.07) is 3.39. The fourth-order valence-corrected chi connectivity index (χ4v) is 1.59. The van der Waals surface area contributed by atoms with E-state index in [-0.39, 0.29) is 5.56 Å². The molecular formula is C13H13N3O2. The molecular weight excluding hydrogens is 230 g/mol. The monoisotopic (exact) mass is 243 g/mol. The van der Waals surface area contributed by atoms with Gasteiger partial charge in [-0.05, 0) is 30.2 Å². The predicted molar refractivity (Wildman–Crippen MR) is 67.5 cm³/mol. The van der Waals surface area contributed by atoms with Crippen molar-refractivity contribution in [3.05, 3.63) is 53.6 Å². The molecule has 2 rings (SSSR count). The molecule has 2 heterocycles. The molecule has 2 N–H and O–H groups in total. The molecule has 0 unspecified atom stereocenters. The zero-order valence-electron chi connectivity index (χ0n) is 9.92. The number of nitrogens with zero attached hydrogens (tertiary/aromatic N) is 2. The number of hydrogen-bond acceptors (Lipinski definition) is 4. The zero-order valence-corrected chi connectivity index (χ0v) is 9.92. The molecule has 0 saturated carbocycles. The van der Waals surface area contributed by atoms with Gasteiger partial charge in [-0.25, -0.2) is 4.79 Å². The zero-order chi connectivity index (χ0) is 13.0. The first kappa shape index (κ1) is 12.0. The molecule has 18 heavy (non-hydrogen) atoms. The first-order valence-electron chi connectivity index (χ1n) is 5.49. The van der Waals surface area contributed by atoms with Crippen molar-refractivity contribution in [1.82, 2.24) is 9.97 Å². The van der Waals surface area contributed by atoms with Gasteiger partial charge in [0.25, 0.3) is 0 Å². The van der Waals surface area contributed by atoms with Crippen LogP contribution in [0, 0.1) is 6.92 Å². The Hall–Kier alpha value is -2.43. The van der Waals surface area contributed by atoms with E-state index in [1.165, 1.54) is 18.5 Å². The lowest BCUT2D eigenvalue weighted by atomic mass is 10.1. The summed E-state index contributed by atoms with van der Waals surface area (Å²) in [5, 5.41) is 12.1. The van der Waals surface area contributed by atoms with Gasteiger partial charge >= 0.3 is 5.97 Å². The second kappa shape index (κ2) is 5.27. The van der Waals surface area contributed by atoms with Crippen molar-refractivity contribution < 1.29 is 9.90 Å². The normalized spacial score (nSPS) is 10.1. The summed E-state index contributed by atoms with van der Waals surface area (Å²) in [5.74, 6) is -0.970. The van der Waals surface area contributed by atoms with Gasteiger partial charge in [-0.2, -0.15) is 0 Å². The number of hydrogen-bond donors (Lipinski definition) is 2. The van der Waals surface area contributed by atoms with Gasteiger partial charge < -0.3 is 10.4 Å². The Labute approximate surface area is 105 Å². The maximum absolute atomic E-state index is 11.0. The van der Waals surface area contributed by atoms with Crippen LogP contribution in [0.1, 0.15) is 21.5 Å². The number of aryl methyl sites for hydroxylation is 1. The van der Waals surface area contributed by atoms with E-state index in [1.807, 2.05) is 13.0 Å². The third kappa shape index (κ3) is 2.63. The summed E-state index contributed by atoms with van der Waals surface area (Å²) < 4.78 is 0. The average Bonchev–Trinajstić information content (AvgIpc) is 2.38. The van der Waals surface area contributed by atoms with Crippen LogP contribution in [0.5, 0.6) is 0 Å². The van der Waals surface area contributed by atoms with Crippen LogP contribution in [0.4, 0.5) is 5.69 Å². The number of aromatic nitrogens is 2. The van der Waals surface area contributed by atoms with Crippen molar-refractivity contribution in [2.45, 2.75) is 13.5 Å². The highest BCUT2D eigenvalue weighted by Gasteiger charge is 2.09. The minimum Gasteiger partial charge on any atom is -0.478 e. The Morgan fingerprint density at radius 1 is 1.28 bits per heavy atom. The molecule has 0 amide bonds. The quantitative estimate of drug-likeness (QED) is 0.860. The van der Waals surface area contributed by atoms with E-state index in [0.717, 1.165) is 11.1 Å². The van der Waals surface area contributed by atoms with Crippen molar-refractivity contribution in [1.29, 1.82) is 0 Å². The molecule has 0 atom stereocenters. The van der Waals surface area contributed by atoms with Crippen LogP contribution in [0.25, 0.3) is 0 Å². The molecule has 0 aliphatic rings. The third-order valence-electron chi connectivity index (χ3n) is 2.67. The first-order valence-corrected chi connectivity index (χ1v) is 5.49. The number of anilines is 1. The van der Waals surface area contributed by atoms with Crippen molar-refractivity contribution in [2.24, 2.45) is 0 Å². The van der Waals surface area contributed by atoms with Crippen LogP contribution in [-0.4, -0.2) is 21.0 Å². The molecule has 0 bridgehead atoms. The molecule has 5 heteroatoms. The number of carbonyl (C=O) groups is 1. The van der Waals surface area contributed by atoms with Gasteiger partial charge in [-0.15, -0.1) is 0 Å². The summed E-state index contributed by atoms with van der Waals surface area (Å²) in [6.07, 6.45) is 6.46. The predicted octanol–water partition coefficient (Wildman–Crippen LogP) is 2.10. The Balaban J connectivity index is 2.16. The lowest BCUT2D eigenvalue weighted by Crippen LogP contribution is -2.07. The fraction of sp³-hybridized carbons (Fsp3) is 0.154. The Morgan fingerprint density at radius 3 is 2.72 bits per heavy atom. The van der Waals surface area contributed by atoms with Crippen molar-refractivity contribution in [3.63, 3.8) is 0 Å². The lowest BCUT2D eigenvalue weighted by Gasteiger charge is -2.10. The number of pyridine rings is 2. The summed E-state index contributed by atoms with van der Waals surface area (Å²) in [4.78, 5) is 19.0. The van der Waals surface area contributed by atoms with E-state index in [4.69, 9.17) is 5.11 Å². The molecule has 0 aliphatic heterocycles. The lowest BCUT2D eigenvalue weighted by molar-refractivity contribution is 0.0698. The van der Waals surface area contributed by atoms with Crippen LogP contribution in [-0.2, 0) is 6.54 Å². The highest BCUT2D eigenvalue weighted by atomic mass is 16.4. The molecule has 2 aromatic heterocycles. The fourth-order valence-electron chi connectivity index (χ4n) is 1.59. The van der Waals surface area contributed by atoms with Gasteiger partial charge in [0.05, 0.1) is 17.4 Å². The summed E-state index contributed by atoms with van der Waals surface area (Å²) >= 11 is 0. The summed E-state index contributed by atoms with van der Waals surface area (Å²) in [6.45, 7) is 2.51. The van der Waals surface area contributed by atoms with Gasteiger partial charge in [0.15, 0.2) is 0 Å². The summed E-state index contributed by atoms with van der Waals surface area (Å²) in [7, 11) is 0. The number of nitrogens with one attached hydrogen (secondary N) is 1. The molecule has 0 spiro atoms. The summed E-state index contributed by atoms with van der Waals surface area (Å²) in [5.41, 5.74) is 2.86. The number of aromatic carboxylic acids is 1. The molecule has 0 radical (unpaired) electrons. The van der Waals surface area contributed by atoms with E-state index in [0.29, 0.717) is 12.2 Å². The van der Waals surface area contributed by atoms with Gasteiger partial charge in [0.2, 0.25) is 0 Å². The standard InChI is InChI=1S/C13H13N3O2/c1-9-2-4-14-6-10(9)7-16-12-8-15-5-3-11(12)13(17)18/h2-6,8,16H,7H2,1H3,(H,17,18). The minimum atomic E-state index is -0.970. The SMILES string of the molecule is Cc1ccncc1CNc1cnccc1C(=O)O. The van der Waals surface area contributed by atoms with E-state index >= 15 is 0 Å². The van der Waals surface area contributed by atoms with Gasteiger partial charge in [-0.3, -0.25) is 9.97 Å². The number of carboxylic acids is 1. The van der Waals surface area contributed by atoms with E-state index in [1.54, 1.807) is 12.4 Å². The molecule has 0 aliphatic carbocycles. The van der Waals surface area contributed by atoms with Gasteiger partial charge in [0.1, 0.15) is 0 Å². The molecule has 5 nitrogen and oxygen atoms in total. The van der Waals surface area contributed by atoms with Gasteiger partial charge in [0, 0.05) is 25.1 Å².